The number of carbonyl (C=O) groups excluding carboxylic acids is 2. The van der Waals surface area contributed by atoms with Gasteiger partial charge in [0.1, 0.15) is 13.2 Å². The molecular formula is C30H37F5O5. The van der Waals surface area contributed by atoms with Gasteiger partial charge in [-0.2, -0.15) is 8.78 Å². The Morgan fingerprint density at radius 2 is 0.950 bits per heavy atom. The van der Waals surface area contributed by atoms with Crippen LogP contribution >= 0.6 is 0 Å². The van der Waals surface area contributed by atoms with Crippen LogP contribution in [0.25, 0.3) is 0 Å². The fourth-order valence-corrected chi connectivity index (χ4v) is 4.09. The maximum absolute atomic E-state index is 13.7. The lowest BCUT2D eigenvalue weighted by atomic mass is 10.1. The minimum atomic E-state index is -2.31. The van der Waals surface area contributed by atoms with E-state index in [1.807, 2.05) is 0 Å². The Morgan fingerprint density at radius 1 is 0.550 bits per heavy atom. The molecule has 2 aromatic rings. The Labute approximate surface area is 232 Å². The van der Waals surface area contributed by atoms with Crippen molar-refractivity contribution < 1.29 is 45.8 Å². The summed E-state index contributed by atoms with van der Waals surface area (Å²) in [6.45, 7) is 1.13. The van der Waals surface area contributed by atoms with Crippen LogP contribution in [-0.2, 0) is 9.47 Å². The summed E-state index contributed by atoms with van der Waals surface area (Å²) in [5, 5.41) is 0. The van der Waals surface area contributed by atoms with Gasteiger partial charge < -0.3 is 14.2 Å². The van der Waals surface area contributed by atoms with E-state index in [-0.39, 0.29) is 17.7 Å². The molecule has 0 aromatic heterocycles. The van der Waals surface area contributed by atoms with Gasteiger partial charge in [-0.05, 0) is 18.6 Å². The molecule has 10 heteroatoms. The summed E-state index contributed by atoms with van der Waals surface area (Å²) < 4.78 is 81.8. The van der Waals surface area contributed by atoms with Crippen molar-refractivity contribution in [2.45, 2.75) is 84.0 Å². The van der Waals surface area contributed by atoms with Crippen LogP contribution in [-0.4, -0.2) is 31.8 Å². The fraction of sp³-hybridized carbons (Fsp3) is 0.533. The molecule has 0 saturated carbocycles. The van der Waals surface area contributed by atoms with Crippen molar-refractivity contribution >= 4 is 11.9 Å². The van der Waals surface area contributed by atoms with Crippen LogP contribution < -0.4 is 4.74 Å². The summed E-state index contributed by atoms with van der Waals surface area (Å²) in [6.07, 6.45) is 14.1. The Morgan fingerprint density at radius 3 is 1.43 bits per heavy atom. The molecule has 0 fully saturated rings. The molecule has 0 aliphatic rings. The summed E-state index contributed by atoms with van der Waals surface area (Å²) >= 11 is 0. The highest BCUT2D eigenvalue weighted by Crippen LogP contribution is 2.29. The normalized spacial score (nSPS) is 10.9. The number of esters is 2. The lowest BCUT2D eigenvalue weighted by Crippen LogP contribution is -2.17. The maximum atomic E-state index is 13.7. The van der Waals surface area contributed by atoms with Gasteiger partial charge >= 0.3 is 11.9 Å². The van der Waals surface area contributed by atoms with Crippen molar-refractivity contribution in [2.75, 3.05) is 19.8 Å². The van der Waals surface area contributed by atoms with Gasteiger partial charge in [0.2, 0.25) is 29.1 Å². The van der Waals surface area contributed by atoms with E-state index in [0.717, 1.165) is 19.3 Å². The molecule has 2 aromatic carbocycles. The van der Waals surface area contributed by atoms with Gasteiger partial charge in [-0.1, -0.05) is 89.7 Å². The van der Waals surface area contributed by atoms with E-state index < -0.39 is 60.0 Å². The summed E-state index contributed by atoms with van der Waals surface area (Å²) in [5.41, 5.74) is -0.120. The lowest BCUT2D eigenvalue weighted by Gasteiger charge is -2.12. The van der Waals surface area contributed by atoms with Crippen molar-refractivity contribution in [2.24, 2.45) is 0 Å². The van der Waals surface area contributed by atoms with Crippen LogP contribution in [0.15, 0.2) is 24.3 Å². The van der Waals surface area contributed by atoms with Gasteiger partial charge in [-0.3, -0.25) is 0 Å². The third-order valence-electron chi connectivity index (χ3n) is 6.33. The highest BCUT2D eigenvalue weighted by atomic mass is 19.2. The van der Waals surface area contributed by atoms with Crippen LogP contribution in [0, 0.1) is 29.1 Å². The number of carbonyl (C=O) groups is 2. The number of hydrogen-bond acceptors (Lipinski definition) is 5. The zero-order chi connectivity index (χ0) is 29.3. The Bertz CT molecular complexity index is 1060. The second kappa shape index (κ2) is 18.2. The third-order valence-corrected chi connectivity index (χ3v) is 6.33. The van der Waals surface area contributed by atoms with Crippen LogP contribution in [0.4, 0.5) is 22.0 Å². The number of hydrogen-bond donors (Lipinski definition) is 0. The monoisotopic (exact) mass is 572 g/mol. The van der Waals surface area contributed by atoms with Crippen molar-refractivity contribution in [3.05, 3.63) is 64.5 Å². The van der Waals surface area contributed by atoms with E-state index in [4.69, 9.17) is 9.47 Å². The summed E-state index contributed by atoms with van der Waals surface area (Å²) in [5.74, 6) is -14.0. The number of unbranched alkanes of at least 4 members (excludes halogenated alkanes) is 11. The number of ether oxygens (including phenoxy) is 3. The molecule has 0 atom stereocenters. The summed E-state index contributed by atoms with van der Waals surface area (Å²) in [6, 6.07) is 5.79. The van der Waals surface area contributed by atoms with Gasteiger partial charge in [0.25, 0.3) is 0 Å². The van der Waals surface area contributed by atoms with Gasteiger partial charge in [-0.15, -0.1) is 0 Å². The van der Waals surface area contributed by atoms with Gasteiger partial charge in [0.05, 0.1) is 17.7 Å². The predicted molar refractivity (Wildman–Crippen MR) is 140 cm³/mol. The maximum Gasteiger partial charge on any atom is 0.339 e. The molecule has 0 N–H and O–H groups in total. The second-order valence-electron chi connectivity index (χ2n) is 9.45. The van der Waals surface area contributed by atoms with E-state index in [1.165, 1.54) is 69.6 Å². The molecular weight excluding hydrogens is 535 g/mol. The Balaban J connectivity index is 1.69. The second-order valence-corrected chi connectivity index (χ2v) is 9.45. The molecule has 0 bridgehead atoms. The van der Waals surface area contributed by atoms with Gasteiger partial charge in [-0.25, -0.2) is 22.8 Å². The first-order valence-electron chi connectivity index (χ1n) is 13.9. The molecule has 0 spiro atoms. The molecule has 222 valence electrons. The first-order chi connectivity index (χ1) is 19.3. The van der Waals surface area contributed by atoms with Gasteiger partial charge in [0, 0.05) is 0 Å². The smallest absolute Gasteiger partial charge is 0.339 e. The molecule has 0 radical (unpaired) electrons. The minimum Gasteiger partial charge on any atom is -0.484 e. The zero-order valence-electron chi connectivity index (χ0n) is 22.8. The molecule has 0 aliphatic heterocycles. The van der Waals surface area contributed by atoms with E-state index in [9.17, 15) is 31.5 Å². The highest BCUT2D eigenvalue weighted by molar-refractivity contribution is 6.03. The third kappa shape index (κ3) is 10.4. The first kappa shape index (κ1) is 33.0. The topological polar surface area (TPSA) is 61.8 Å². The standard InChI is InChI=1S/C30H37F5O5/c1-2-3-4-5-6-7-8-9-10-11-12-15-18-39-29(36)21-16-13-14-17-22(21)30(37)40-20-19-38-28-26(34)24(32)23(31)25(33)27(28)35/h13-14,16-17H,2-12,15,18-20H2,1H3. The van der Waals surface area contributed by atoms with Crippen LogP contribution in [0.1, 0.15) is 105 Å². The molecule has 40 heavy (non-hydrogen) atoms. The first-order valence-corrected chi connectivity index (χ1v) is 13.9. The number of rotatable bonds is 19. The Hall–Kier alpha value is -3.17. The van der Waals surface area contributed by atoms with Crippen molar-refractivity contribution in [1.82, 2.24) is 0 Å². The average molecular weight is 573 g/mol. The Kier molecular flexibility index (Phi) is 15.1. The van der Waals surface area contributed by atoms with Crippen LogP contribution in [0.3, 0.4) is 0 Å². The molecule has 5 nitrogen and oxygen atoms in total. The van der Waals surface area contributed by atoms with Crippen molar-refractivity contribution in [3.8, 4) is 5.75 Å². The largest absolute Gasteiger partial charge is 0.484 e. The van der Waals surface area contributed by atoms with Crippen molar-refractivity contribution in [1.29, 1.82) is 0 Å². The molecule has 0 amide bonds. The van der Waals surface area contributed by atoms with Crippen molar-refractivity contribution in [3.63, 3.8) is 0 Å². The van der Waals surface area contributed by atoms with E-state index in [1.54, 1.807) is 6.07 Å². The van der Waals surface area contributed by atoms with Crippen LogP contribution in [0.5, 0.6) is 5.75 Å². The highest BCUT2D eigenvalue weighted by Gasteiger charge is 2.27. The zero-order valence-corrected chi connectivity index (χ0v) is 22.8. The summed E-state index contributed by atoms with van der Waals surface area (Å²) in [7, 11) is 0. The van der Waals surface area contributed by atoms with E-state index in [0.29, 0.717) is 6.42 Å². The predicted octanol–water partition coefficient (Wildman–Crippen LogP) is 8.48. The molecule has 0 aliphatic carbocycles. The number of benzene rings is 2. The van der Waals surface area contributed by atoms with Gasteiger partial charge in [0.15, 0.2) is 5.75 Å². The quantitative estimate of drug-likeness (QED) is 0.0556. The average Bonchev–Trinajstić information content (AvgIpc) is 2.96. The minimum absolute atomic E-state index is 0.0212. The lowest BCUT2D eigenvalue weighted by molar-refractivity contribution is 0.0418. The molecule has 2 rings (SSSR count). The molecule has 0 heterocycles. The van der Waals surface area contributed by atoms with Crippen LogP contribution in [0.2, 0.25) is 0 Å². The molecule has 0 saturated heterocycles. The fourth-order valence-electron chi connectivity index (χ4n) is 4.09. The van der Waals surface area contributed by atoms with E-state index >= 15 is 0 Å². The molecule has 0 unspecified atom stereocenters. The van der Waals surface area contributed by atoms with E-state index in [2.05, 4.69) is 11.7 Å². The number of halogens is 5. The summed E-state index contributed by atoms with van der Waals surface area (Å²) in [4.78, 5) is 25.0. The SMILES string of the molecule is CCCCCCCCCCCCCCOC(=O)c1ccccc1C(=O)OCCOc1c(F)c(F)c(F)c(F)c1F.